The van der Waals surface area contributed by atoms with E-state index in [2.05, 4.69) is 26.8 Å². The molecule has 4 nitrogen and oxygen atoms in total. The molecule has 3 rings (SSSR count). The Morgan fingerprint density at radius 1 is 1.45 bits per heavy atom. The van der Waals surface area contributed by atoms with E-state index in [4.69, 9.17) is 19.9 Å². The first-order valence-corrected chi connectivity index (χ1v) is 7.66. The van der Waals surface area contributed by atoms with Gasteiger partial charge in [-0.3, -0.25) is 0 Å². The van der Waals surface area contributed by atoms with Crippen molar-refractivity contribution >= 4 is 0 Å². The average Bonchev–Trinajstić information content (AvgIpc) is 3.29. The molecule has 0 radical (unpaired) electrons. The summed E-state index contributed by atoms with van der Waals surface area (Å²) >= 11 is 0. The van der Waals surface area contributed by atoms with Crippen molar-refractivity contribution in [2.24, 2.45) is 11.7 Å². The number of hydrogen-bond acceptors (Lipinski definition) is 4. The van der Waals surface area contributed by atoms with Crippen LogP contribution in [0.4, 0.5) is 0 Å². The second-order valence-electron chi connectivity index (χ2n) is 7.04. The molecule has 0 aromatic rings. The lowest BCUT2D eigenvalue weighted by Gasteiger charge is -2.42. The van der Waals surface area contributed by atoms with Crippen molar-refractivity contribution in [2.75, 3.05) is 13.7 Å². The molecule has 2 saturated heterocycles. The summed E-state index contributed by atoms with van der Waals surface area (Å²) in [6.07, 6.45) is 5.54. The van der Waals surface area contributed by atoms with Crippen LogP contribution >= 0.6 is 0 Å². The zero-order valence-electron chi connectivity index (χ0n) is 13.0. The Morgan fingerprint density at radius 2 is 2.15 bits per heavy atom. The highest BCUT2D eigenvalue weighted by Crippen LogP contribution is 2.59. The van der Waals surface area contributed by atoms with Crippen LogP contribution in [0.25, 0.3) is 0 Å². The van der Waals surface area contributed by atoms with Gasteiger partial charge >= 0.3 is 0 Å². The lowest BCUT2D eigenvalue weighted by molar-refractivity contribution is -0.0601. The molecule has 1 aliphatic carbocycles. The Labute approximate surface area is 121 Å². The fourth-order valence-corrected chi connectivity index (χ4v) is 4.02. The highest BCUT2D eigenvalue weighted by Gasteiger charge is 2.71. The van der Waals surface area contributed by atoms with Gasteiger partial charge in [-0.2, -0.15) is 0 Å². The minimum Gasteiger partial charge on any atom is -0.379 e. The minimum atomic E-state index is -0.152. The summed E-state index contributed by atoms with van der Waals surface area (Å²) in [5, 5.41) is 0. The van der Waals surface area contributed by atoms with Crippen molar-refractivity contribution in [3.63, 3.8) is 0 Å². The Balaban J connectivity index is 1.78. The maximum atomic E-state index is 6.27. The summed E-state index contributed by atoms with van der Waals surface area (Å²) in [7, 11) is 1.76. The molecule has 2 heterocycles. The second kappa shape index (κ2) is 4.80. The van der Waals surface area contributed by atoms with E-state index >= 15 is 0 Å². The molecule has 0 bridgehead atoms. The largest absolute Gasteiger partial charge is 0.379 e. The standard InChI is InChI=1S/C16H27NO3/c1-10(2)5-6-12-15(3,20-12)14-13(18-4)11(17)7-8-16(14)9-19-16/h5,11-14H,6-9,17H2,1-4H3/t11-,12-,13+,14-,15+,16+/m1/s1. The monoisotopic (exact) mass is 281 g/mol. The van der Waals surface area contributed by atoms with Gasteiger partial charge in [-0.25, -0.2) is 0 Å². The van der Waals surface area contributed by atoms with E-state index < -0.39 is 0 Å². The molecule has 1 spiro atoms. The predicted molar refractivity (Wildman–Crippen MR) is 77.5 cm³/mol. The summed E-state index contributed by atoms with van der Waals surface area (Å²) in [4.78, 5) is 0. The maximum Gasteiger partial charge on any atom is 0.101 e. The summed E-state index contributed by atoms with van der Waals surface area (Å²) in [6, 6.07) is 0.0879. The van der Waals surface area contributed by atoms with Crippen LogP contribution in [0.15, 0.2) is 11.6 Å². The van der Waals surface area contributed by atoms with Gasteiger partial charge in [0.15, 0.2) is 0 Å². The fraction of sp³-hybridized carbons (Fsp3) is 0.875. The number of allylic oxidation sites excluding steroid dienone is 1. The molecule has 0 aromatic heterocycles. The first kappa shape index (κ1) is 14.5. The van der Waals surface area contributed by atoms with Gasteiger partial charge in [0.1, 0.15) is 5.60 Å². The number of epoxide rings is 2. The first-order valence-electron chi connectivity index (χ1n) is 7.66. The first-order chi connectivity index (χ1) is 9.43. The van der Waals surface area contributed by atoms with Crippen LogP contribution in [0.5, 0.6) is 0 Å². The highest BCUT2D eigenvalue weighted by atomic mass is 16.6. The van der Waals surface area contributed by atoms with E-state index in [0.717, 1.165) is 25.9 Å². The van der Waals surface area contributed by atoms with Crippen molar-refractivity contribution in [1.82, 2.24) is 0 Å². The van der Waals surface area contributed by atoms with E-state index in [1.165, 1.54) is 5.57 Å². The van der Waals surface area contributed by atoms with Crippen molar-refractivity contribution in [1.29, 1.82) is 0 Å². The molecule has 6 atom stereocenters. The molecule has 0 aromatic carbocycles. The molecule has 3 aliphatic rings. The zero-order valence-corrected chi connectivity index (χ0v) is 13.0. The molecule has 2 N–H and O–H groups in total. The van der Waals surface area contributed by atoms with Gasteiger partial charge in [0.05, 0.1) is 24.4 Å². The van der Waals surface area contributed by atoms with E-state index in [1.807, 2.05) is 0 Å². The Hall–Kier alpha value is -0.420. The van der Waals surface area contributed by atoms with Crippen molar-refractivity contribution in [3.05, 3.63) is 11.6 Å². The van der Waals surface area contributed by atoms with Crippen molar-refractivity contribution < 1.29 is 14.2 Å². The van der Waals surface area contributed by atoms with Crippen LogP contribution in [0.2, 0.25) is 0 Å². The second-order valence-corrected chi connectivity index (χ2v) is 7.04. The Kier molecular flexibility index (Phi) is 3.49. The number of nitrogens with two attached hydrogens (primary N) is 1. The molecule has 114 valence electrons. The van der Waals surface area contributed by atoms with Gasteiger partial charge in [-0.05, 0) is 40.0 Å². The molecule has 0 unspecified atom stereocenters. The van der Waals surface area contributed by atoms with Gasteiger partial charge in [-0.1, -0.05) is 11.6 Å². The third-order valence-corrected chi connectivity index (χ3v) is 5.34. The van der Waals surface area contributed by atoms with Gasteiger partial charge in [-0.15, -0.1) is 0 Å². The lowest BCUT2D eigenvalue weighted by atomic mass is 9.67. The predicted octanol–water partition coefficient (Wildman–Crippen LogP) is 2.02. The zero-order chi connectivity index (χ0) is 14.5. The Morgan fingerprint density at radius 3 is 2.70 bits per heavy atom. The molecule has 3 fully saturated rings. The molecule has 20 heavy (non-hydrogen) atoms. The summed E-state index contributed by atoms with van der Waals surface area (Å²) in [5.41, 5.74) is 7.42. The summed E-state index contributed by atoms with van der Waals surface area (Å²) in [6.45, 7) is 7.28. The van der Waals surface area contributed by atoms with Crippen molar-refractivity contribution in [2.45, 2.75) is 69.5 Å². The molecule has 0 amide bonds. The van der Waals surface area contributed by atoms with Gasteiger partial charge in [0.2, 0.25) is 0 Å². The minimum absolute atomic E-state index is 0.0351. The van der Waals surface area contributed by atoms with Crippen LogP contribution in [0.1, 0.15) is 40.0 Å². The van der Waals surface area contributed by atoms with Crippen LogP contribution in [0.3, 0.4) is 0 Å². The number of ether oxygens (including phenoxy) is 3. The maximum absolute atomic E-state index is 6.27. The molecule has 4 heteroatoms. The summed E-state index contributed by atoms with van der Waals surface area (Å²) in [5.74, 6) is 0.249. The topological polar surface area (TPSA) is 60.3 Å². The highest BCUT2D eigenvalue weighted by molar-refractivity contribution is 5.21. The average molecular weight is 281 g/mol. The quantitative estimate of drug-likeness (QED) is 0.632. The van der Waals surface area contributed by atoms with Crippen LogP contribution in [-0.2, 0) is 14.2 Å². The summed E-state index contributed by atoms with van der Waals surface area (Å²) < 4.78 is 17.7. The van der Waals surface area contributed by atoms with E-state index in [9.17, 15) is 0 Å². The molecule has 2 aliphatic heterocycles. The SMILES string of the molecule is CO[C@H]1[C@H](N)CC[C@]2(CO2)[C@H]1[C@@]1(C)O[C@@H]1CC=C(C)C. The third-order valence-electron chi connectivity index (χ3n) is 5.34. The van der Waals surface area contributed by atoms with Crippen LogP contribution < -0.4 is 5.73 Å². The van der Waals surface area contributed by atoms with Gasteiger partial charge < -0.3 is 19.9 Å². The Bertz CT molecular complexity index is 414. The van der Waals surface area contributed by atoms with E-state index in [-0.39, 0.29) is 35.4 Å². The van der Waals surface area contributed by atoms with E-state index in [1.54, 1.807) is 7.11 Å². The molecular weight excluding hydrogens is 254 g/mol. The molecular formula is C16H27NO3. The van der Waals surface area contributed by atoms with Crippen LogP contribution in [-0.4, -0.2) is 43.2 Å². The van der Waals surface area contributed by atoms with E-state index in [0.29, 0.717) is 0 Å². The number of hydrogen-bond donors (Lipinski definition) is 1. The normalized spacial score (nSPS) is 50.0. The number of rotatable bonds is 4. The smallest absolute Gasteiger partial charge is 0.101 e. The third kappa shape index (κ3) is 2.23. The van der Waals surface area contributed by atoms with Crippen molar-refractivity contribution in [3.8, 4) is 0 Å². The number of methoxy groups -OCH3 is 1. The van der Waals surface area contributed by atoms with Gasteiger partial charge in [0, 0.05) is 19.1 Å². The lowest BCUT2D eigenvalue weighted by Crippen LogP contribution is -2.57. The van der Waals surface area contributed by atoms with Crippen LogP contribution in [0, 0.1) is 5.92 Å². The fourth-order valence-electron chi connectivity index (χ4n) is 4.02. The molecule has 1 saturated carbocycles. The van der Waals surface area contributed by atoms with Gasteiger partial charge in [0.25, 0.3) is 0 Å².